The van der Waals surface area contributed by atoms with Crippen molar-refractivity contribution in [1.82, 2.24) is 5.32 Å². The molecule has 0 aromatic rings. The van der Waals surface area contributed by atoms with Gasteiger partial charge in [-0.05, 0) is 20.8 Å². The molecule has 1 unspecified atom stereocenters. The number of carboxylic acids is 1. The Kier molecular flexibility index (Phi) is 4.06. The second-order valence-electron chi connectivity index (χ2n) is 3.95. The van der Waals surface area contributed by atoms with Crippen LogP contribution in [0.15, 0.2) is 0 Å². The summed E-state index contributed by atoms with van der Waals surface area (Å²) in [6.45, 7) is 3.57. The average molecular weight is 221 g/mol. The van der Waals surface area contributed by atoms with E-state index in [0.717, 1.165) is 0 Å². The van der Waals surface area contributed by atoms with Crippen LogP contribution in [0.5, 0.6) is 0 Å². The van der Waals surface area contributed by atoms with Crippen LogP contribution < -0.4 is 5.32 Å². The largest absolute Gasteiger partial charge is 0.478 e. The van der Waals surface area contributed by atoms with Gasteiger partial charge < -0.3 is 20.1 Å². The van der Waals surface area contributed by atoms with Gasteiger partial charge in [0.2, 0.25) is 0 Å². The molecule has 1 atom stereocenters. The molecule has 15 heavy (non-hydrogen) atoms. The fourth-order valence-corrected chi connectivity index (χ4v) is 0.633. The number of ether oxygens (including phenoxy) is 1. The monoisotopic (exact) mass is 221 g/mol. The third kappa shape index (κ3) is 4.61. The number of amides is 1. The maximum Gasteiger partial charge on any atom is 0.410 e. The molecular formula is C8H15NO6. The van der Waals surface area contributed by atoms with Gasteiger partial charge in [-0.15, -0.1) is 0 Å². The zero-order chi connectivity index (χ0) is 12.3. The normalized spacial score (nSPS) is 15.3. The summed E-state index contributed by atoms with van der Waals surface area (Å²) in [5, 5.41) is 27.9. The molecule has 0 bridgehead atoms. The SMILES string of the molecule is CC(C)(C)OC(=O)NC(O)(CO)C(=O)O. The molecule has 7 nitrogen and oxygen atoms in total. The molecule has 0 aliphatic carbocycles. The van der Waals surface area contributed by atoms with E-state index in [2.05, 4.69) is 0 Å². The number of hydrogen-bond acceptors (Lipinski definition) is 5. The first-order valence-corrected chi connectivity index (χ1v) is 4.18. The number of aliphatic hydroxyl groups excluding tert-OH is 1. The molecule has 0 heterocycles. The molecule has 1 amide bonds. The minimum Gasteiger partial charge on any atom is -0.478 e. The number of nitrogens with one attached hydrogen (secondary N) is 1. The van der Waals surface area contributed by atoms with E-state index >= 15 is 0 Å². The second kappa shape index (κ2) is 4.45. The van der Waals surface area contributed by atoms with E-state index in [1.54, 1.807) is 26.1 Å². The van der Waals surface area contributed by atoms with Crippen molar-refractivity contribution in [3.8, 4) is 0 Å². The van der Waals surface area contributed by atoms with Crippen molar-refractivity contribution >= 4 is 12.1 Å². The van der Waals surface area contributed by atoms with E-state index in [4.69, 9.17) is 14.9 Å². The summed E-state index contributed by atoms with van der Waals surface area (Å²) in [4.78, 5) is 21.5. The Hall–Kier alpha value is -1.34. The van der Waals surface area contributed by atoms with Crippen molar-refractivity contribution in [2.75, 3.05) is 6.61 Å². The Morgan fingerprint density at radius 2 is 1.80 bits per heavy atom. The zero-order valence-electron chi connectivity index (χ0n) is 8.77. The molecular weight excluding hydrogens is 206 g/mol. The van der Waals surface area contributed by atoms with Crippen LogP contribution in [0.1, 0.15) is 20.8 Å². The summed E-state index contributed by atoms with van der Waals surface area (Å²) >= 11 is 0. The lowest BCUT2D eigenvalue weighted by molar-refractivity contribution is -0.166. The number of aliphatic hydroxyl groups is 2. The van der Waals surface area contributed by atoms with Crippen molar-refractivity contribution in [3.63, 3.8) is 0 Å². The number of hydrogen-bond donors (Lipinski definition) is 4. The highest BCUT2D eigenvalue weighted by atomic mass is 16.6. The Morgan fingerprint density at radius 1 is 1.33 bits per heavy atom. The minimum absolute atomic E-state index is 0.820. The van der Waals surface area contributed by atoms with Gasteiger partial charge >= 0.3 is 12.1 Å². The minimum atomic E-state index is -2.72. The standard InChI is InChI=1S/C8H15NO6/c1-7(2,3)15-6(13)9-8(14,4-10)5(11)12/h10,14H,4H2,1-3H3,(H,9,13)(H,11,12). The van der Waals surface area contributed by atoms with Crippen LogP contribution in [0.3, 0.4) is 0 Å². The first kappa shape index (κ1) is 13.7. The van der Waals surface area contributed by atoms with Crippen LogP contribution in [0.25, 0.3) is 0 Å². The van der Waals surface area contributed by atoms with Gasteiger partial charge in [0.05, 0.1) is 0 Å². The molecule has 0 saturated carbocycles. The van der Waals surface area contributed by atoms with Crippen molar-refractivity contribution in [2.24, 2.45) is 0 Å². The molecule has 0 aliphatic rings. The Balaban J connectivity index is 4.45. The van der Waals surface area contributed by atoms with Crippen LogP contribution in [0.2, 0.25) is 0 Å². The Labute approximate surface area is 86.7 Å². The van der Waals surface area contributed by atoms with Crippen LogP contribution in [0, 0.1) is 0 Å². The number of aliphatic carboxylic acids is 1. The van der Waals surface area contributed by atoms with Gasteiger partial charge in [-0.2, -0.15) is 0 Å². The zero-order valence-corrected chi connectivity index (χ0v) is 8.77. The molecule has 7 heteroatoms. The van der Waals surface area contributed by atoms with Crippen LogP contribution in [-0.2, 0) is 9.53 Å². The highest BCUT2D eigenvalue weighted by molar-refractivity contribution is 5.82. The highest BCUT2D eigenvalue weighted by Crippen LogP contribution is 2.08. The summed E-state index contributed by atoms with van der Waals surface area (Å²) in [5.74, 6) is -1.77. The molecule has 0 aromatic heterocycles. The number of carbonyl (C=O) groups excluding carboxylic acids is 1. The lowest BCUT2D eigenvalue weighted by Crippen LogP contribution is -2.58. The number of carboxylic acid groups (broad SMARTS) is 1. The lowest BCUT2D eigenvalue weighted by Gasteiger charge is -2.25. The predicted molar refractivity (Wildman–Crippen MR) is 49.0 cm³/mol. The van der Waals surface area contributed by atoms with Gasteiger partial charge in [0.15, 0.2) is 0 Å². The van der Waals surface area contributed by atoms with E-state index in [1.807, 2.05) is 0 Å². The topological polar surface area (TPSA) is 116 Å². The third-order valence-corrected chi connectivity index (χ3v) is 1.29. The van der Waals surface area contributed by atoms with Crippen LogP contribution >= 0.6 is 0 Å². The Bertz CT molecular complexity index is 258. The van der Waals surface area contributed by atoms with E-state index in [1.165, 1.54) is 0 Å². The number of rotatable bonds is 3. The summed E-state index contributed by atoms with van der Waals surface area (Å²) in [6, 6.07) is 0. The smallest absolute Gasteiger partial charge is 0.410 e. The quantitative estimate of drug-likeness (QED) is 0.467. The van der Waals surface area contributed by atoms with Gasteiger partial charge in [0.25, 0.3) is 5.72 Å². The van der Waals surface area contributed by atoms with Gasteiger partial charge in [0, 0.05) is 0 Å². The molecule has 0 aliphatic heterocycles. The van der Waals surface area contributed by atoms with Crippen LogP contribution in [0.4, 0.5) is 4.79 Å². The fourth-order valence-electron chi connectivity index (χ4n) is 0.633. The van der Waals surface area contributed by atoms with Gasteiger partial charge in [-0.1, -0.05) is 0 Å². The van der Waals surface area contributed by atoms with E-state index in [0.29, 0.717) is 0 Å². The first-order valence-electron chi connectivity index (χ1n) is 4.18. The fraction of sp³-hybridized carbons (Fsp3) is 0.750. The van der Waals surface area contributed by atoms with E-state index < -0.39 is 30.0 Å². The molecule has 88 valence electrons. The molecule has 0 aromatic carbocycles. The third-order valence-electron chi connectivity index (χ3n) is 1.29. The van der Waals surface area contributed by atoms with Crippen molar-refractivity contribution < 1.29 is 29.6 Å². The molecule has 0 rings (SSSR count). The molecule has 0 fully saturated rings. The van der Waals surface area contributed by atoms with Gasteiger partial charge in [-0.25, -0.2) is 9.59 Å². The number of alkyl carbamates (subject to hydrolysis) is 1. The van der Waals surface area contributed by atoms with Gasteiger partial charge in [0.1, 0.15) is 12.2 Å². The van der Waals surface area contributed by atoms with Gasteiger partial charge in [-0.3, -0.25) is 5.32 Å². The van der Waals surface area contributed by atoms with Crippen molar-refractivity contribution in [3.05, 3.63) is 0 Å². The molecule has 4 N–H and O–H groups in total. The second-order valence-corrected chi connectivity index (χ2v) is 3.95. The van der Waals surface area contributed by atoms with Crippen molar-refractivity contribution in [1.29, 1.82) is 0 Å². The van der Waals surface area contributed by atoms with Crippen molar-refractivity contribution in [2.45, 2.75) is 32.1 Å². The lowest BCUT2D eigenvalue weighted by atomic mass is 10.2. The highest BCUT2D eigenvalue weighted by Gasteiger charge is 2.38. The maximum absolute atomic E-state index is 11.1. The van der Waals surface area contributed by atoms with E-state index in [9.17, 15) is 14.7 Å². The maximum atomic E-state index is 11.1. The summed E-state index contributed by atoms with van der Waals surface area (Å²) < 4.78 is 4.70. The first-order chi connectivity index (χ1) is 6.60. The molecule has 0 saturated heterocycles. The molecule has 0 radical (unpaired) electrons. The van der Waals surface area contributed by atoms with Crippen LogP contribution in [-0.4, -0.2) is 45.3 Å². The number of carbonyl (C=O) groups is 2. The summed E-state index contributed by atoms with van der Waals surface area (Å²) in [7, 11) is 0. The molecule has 0 spiro atoms. The summed E-state index contributed by atoms with van der Waals surface area (Å²) in [6.07, 6.45) is -1.12. The average Bonchev–Trinajstić information content (AvgIpc) is 1.99. The summed E-state index contributed by atoms with van der Waals surface area (Å²) in [5.41, 5.74) is -3.54. The Morgan fingerprint density at radius 3 is 2.07 bits per heavy atom. The predicted octanol–water partition coefficient (Wildman–Crippen LogP) is -0.723. The van der Waals surface area contributed by atoms with E-state index in [-0.39, 0.29) is 0 Å².